The van der Waals surface area contributed by atoms with Gasteiger partial charge < -0.3 is 10.7 Å². The van der Waals surface area contributed by atoms with Gasteiger partial charge in [-0.2, -0.15) is 0 Å². The molecule has 1 aliphatic heterocycles. The Bertz CT molecular complexity index is 559. The molecule has 1 fully saturated rings. The molecule has 0 spiro atoms. The van der Waals surface area contributed by atoms with Crippen LogP contribution in [0.25, 0.3) is 0 Å². The minimum atomic E-state index is -3.02. The Kier molecular flexibility index (Phi) is 3.43. The van der Waals surface area contributed by atoms with Crippen LogP contribution in [0.15, 0.2) is 12.4 Å². The van der Waals surface area contributed by atoms with Crippen molar-refractivity contribution in [3.05, 3.63) is 18.1 Å². The van der Waals surface area contributed by atoms with Crippen molar-refractivity contribution < 1.29 is 13.2 Å². The number of carbonyl (C=O) groups is 1. The molecule has 0 aliphatic carbocycles. The van der Waals surface area contributed by atoms with Crippen molar-refractivity contribution in [1.29, 1.82) is 0 Å². The van der Waals surface area contributed by atoms with Crippen molar-refractivity contribution in [2.24, 2.45) is 5.84 Å². The molecular weight excluding hydrogens is 258 g/mol. The molecule has 18 heavy (non-hydrogen) atoms. The average Bonchev–Trinajstić information content (AvgIpc) is 2.68. The molecule has 2 heterocycles. The molecule has 1 saturated heterocycles. The molecule has 0 radical (unpaired) electrons. The summed E-state index contributed by atoms with van der Waals surface area (Å²) in [6, 6.07) is -0.362. The lowest BCUT2D eigenvalue weighted by Crippen LogP contribution is -2.36. The van der Waals surface area contributed by atoms with Crippen LogP contribution in [-0.2, 0) is 9.84 Å². The number of rotatable bonds is 3. The van der Waals surface area contributed by atoms with Gasteiger partial charge in [0.05, 0.1) is 23.9 Å². The molecule has 0 saturated carbocycles. The second-order valence-electron chi connectivity index (χ2n) is 4.01. The zero-order valence-corrected chi connectivity index (χ0v) is 10.3. The Hall–Kier alpha value is -1.74. The van der Waals surface area contributed by atoms with Crippen LogP contribution < -0.4 is 16.6 Å². The van der Waals surface area contributed by atoms with E-state index >= 15 is 0 Å². The van der Waals surface area contributed by atoms with Gasteiger partial charge in [0.2, 0.25) is 0 Å². The van der Waals surface area contributed by atoms with Crippen LogP contribution in [0.4, 0.5) is 5.82 Å². The maximum Gasteiger partial charge on any atom is 0.271 e. The number of carbonyl (C=O) groups excluding carboxylic acids is 1. The molecule has 1 aromatic heterocycles. The van der Waals surface area contributed by atoms with Crippen molar-refractivity contribution in [1.82, 2.24) is 15.3 Å². The van der Waals surface area contributed by atoms with Gasteiger partial charge >= 0.3 is 0 Å². The van der Waals surface area contributed by atoms with E-state index < -0.39 is 15.7 Å². The molecular formula is C9H13N5O3S. The number of hydrazine groups is 1. The number of anilines is 1. The molecule has 98 valence electrons. The van der Waals surface area contributed by atoms with E-state index in [4.69, 9.17) is 5.84 Å². The summed E-state index contributed by atoms with van der Waals surface area (Å²) in [6.07, 6.45) is 3.09. The van der Waals surface area contributed by atoms with E-state index in [-0.39, 0.29) is 29.1 Å². The molecule has 4 N–H and O–H groups in total. The number of aromatic nitrogens is 2. The predicted molar refractivity (Wildman–Crippen MR) is 64.4 cm³/mol. The summed E-state index contributed by atoms with van der Waals surface area (Å²) in [6.45, 7) is 0. The number of nitrogen functional groups attached to an aromatic ring is 1. The zero-order valence-electron chi connectivity index (χ0n) is 9.46. The highest BCUT2D eigenvalue weighted by molar-refractivity contribution is 7.91. The van der Waals surface area contributed by atoms with Gasteiger partial charge in [0.25, 0.3) is 5.91 Å². The Balaban J connectivity index is 2.04. The molecule has 8 nitrogen and oxygen atoms in total. The van der Waals surface area contributed by atoms with Crippen LogP contribution in [0.3, 0.4) is 0 Å². The highest BCUT2D eigenvalue weighted by Gasteiger charge is 2.29. The van der Waals surface area contributed by atoms with Gasteiger partial charge in [0, 0.05) is 6.04 Å². The molecule has 1 aromatic rings. The van der Waals surface area contributed by atoms with E-state index in [1.54, 1.807) is 0 Å². The Morgan fingerprint density at radius 3 is 2.83 bits per heavy atom. The normalized spacial score (nSPS) is 21.5. The van der Waals surface area contributed by atoms with Crippen LogP contribution >= 0.6 is 0 Å². The molecule has 0 bridgehead atoms. The van der Waals surface area contributed by atoms with E-state index in [9.17, 15) is 13.2 Å². The lowest BCUT2D eigenvalue weighted by atomic mass is 10.2. The first-order valence-corrected chi connectivity index (χ1v) is 7.12. The number of sulfone groups is 1. The first-order valence-electron chi connectivity index (χ1n) is 5.30. The maximum atomic E-state index is 11.8. The minimum absolute atomic E-state index is 0.0268. The lowest BCUT2D eigenvalue weighted by Gasteiger charge is -2.10. The predicted octanol–water partition coefficient (Wildman–Crippen LogP) is -1.32. The molecule has 1 amide bonds. The average molecular weight is 271 g/mol. The quantitative estimate of drug-likeness (QED) is 0.459. The van der Waals surface area contributed by atoms with Crippen molar-refractivity contribution >= 4 is 21.6 Å². The number of amides is 1. The lowest BCUT2D eigenvalue weighted by molar-refractivity contribution is 0.0936. The van der Waals surface area contributed by atoms with Gasteiger partial charge in [-0.05, 0) is 6.42 Å². The van der Waals surface area contributed by atoms with Crippen molar-refractivity contribution in [3.8, 4) is 0 Å². The van der Waals surface area contributed by atoms with E-state index in [1.807, 2.05) is 0 Å². The van der Waals surface area contributed by atoms with Crippen LogP contribution in [0.1, 0.15) is 16.9 Å². The summed E-state index contributed by atoms with van der Waals surface area (Å²) in [5, 5.41) is 2.61. The highest BCUT2D eigenvalue weighted by atomic mass is 32.2. The highest BCUT2D eigenvalue weighted by Crippen LogP contribution is 2.12. The van der Waals surface area contributed by atoms with Crippen molar-refractivity contribution in [3.63, 3.8) is 0 Å². The van der Waals surface area contributed by atoms with E-state index in [1.165, 1.54) is 12.4 Å². The maximum absolute atomic E-state index is 11.8. The standard InChI is InChI=1S/C9H13N5O3S/c10-14-8-4-11-3-7(13-8)9(15)12-6-1-2-18(16,17)5-6/h3-4,6H,1-2,5,10H2,(H,12,15)(H,13,14). The SMILES string of the molecule is NNc1cncc(C(=O)NC2CCS(=O)(=O)C2)n1. The number of nitrogens with two attached hydrogens (primary N) is 1. The third kappa shape index (κ3) is 2.93. The van der Waals surface area contributed by atoms with Crippen LogP contribution in [0.2, 0.25) is 0 Å². The fourth-order valence-electron chi connectivity index (χ4n) is 1.71. The first kappa shape index (κ1) is 12.7. The van der Waals surface area contributed by atoms with Crippen molar-refractivity contribution in [2.75, 3.05) is 16.9 Å². The summed E-state index contributed by atoms with van der Waals surface area (Å²) < 4.78 is 22.5. The second-order valence-corrected chi connectivity index (χ2v) is 6.24. The Morgan fingerprint density at radius 2 is 2.22 bits per heavy atom. The van der Waals surface area contributed by atoms with Crippen LogP contribution in [0.5, 0.6) is 0 Å². The minimum Gasteiger partial charge on any atom is -0.347 e. The smallest absolute Gasteiger partial charge is 0.271 e. The molecule has 0 aromatic carbocycles. The number of nitrogens with one attached hydrogen (secondary N) is 2. The van der Waals surface area contributed by atoms with Gasteiger partial charge in [-0.25, -0.2) is 19.2 Å². The largest absolute Gasteiger partial charge is 0.347 e. The topological polar surface area (TPSA) is 127 Å². The Labute approximate surface area is 104 Å². The van der Waals surface area contributed by atoms with Gasteiger partial charge in [0.1, 0.15) is 5.69 Å². The molecule has 9 heteroatoms. The van der Waals surface area contributed by atoms with Crippen LogP contribution in [-0.4, -0.2) is 41.8 Å². The Morgan fingerprint density at radius 1 is 1.44 bits per heavy atom. The summed E-state index contributed by atoms with van der Waals surface area (Å²) in [4.78, 5) is 19.5. The van der Waals surface area contributed by atoms with Crippen LogP contribution in [0, 0.1) is 0 Å². The summed E-state index contributed by atoms with van der Waals surface area (Å²) in [5.41, 5.74) is 2.37. The fourth-order valence-corrected chi connectivity index (χ4v) is 3.39. The van der Waals surface area contributed by atoms with Crippen molar-refractivity contribution in [2.45, 2.75) is 12.5 Å². The molecule has 1 unspecified atom stereocenters. The number of nitrogens with zero attached hydrogens (tertiary/aromatic N) is 2. The van der Waals surface area contributed by atoms with E-state index in [2.05, 4.69) is 20.7 Å². The van der Waals surface area contributed by atoms with Gasteiger partial charge in [-0.1, -0.05) is 0 Å². The summed E-state index contributed by atoms with van der Waals surface area (Å²) >= 11 is 0. The summed E-state index contributed by atoms with van der Waals surface area (Å²) in [7, 11) is -3.02. The van der Waals surface area contributed by atoms with Gasteiger partial charge in [-0.3, -0.25) is 9.78 Å². The number of hydrogen-bond acceptors (Lipinski definition) is 7. The van der Waals surface area contributed by atoms with Gasteiger partial charge in [0.15, 0.2) is 15.7 Å². The number of hydrogen-bond donors (Lipinski definition) is 3. The summed E-state index contributed by atoms with van der Waals surface area (Å²) in [5.74, 6) is 5.04. The molecule has 1 aliphatic rings. The van der Waals surface area contributed by atoms with E-state index in [0.29, 0.717) is 6.42 Å². The third-order valence-electron chi connectivity index (χ3n) is 2.58. The molecule has 1 atom stereocenters. The fraction of sp³-hybridized carbons (Fsp3) is 0.444. The van der Waals surface area contributed by atoms with Gasteiger partial charge in [-0.15, -0.1) is 0 Å². The van der Waals surface area contributed by atoms with E-state index in [0.717, 1.165) is 0 Å². The first-order chi connectivity index (χ1) is 8.50. The second kappa shape index (κ2) is 4.86. The third-order valence-corrected chi connectivity index (χ3v) is 4.35. The molecule has 2 rings (SSSR count). The zero-order chi connectivity index (χ0) is 13.2. The monoisotopic (exact) mass is 271 g/mol.